The summed E-state index contributed by atoms with van der Waals surface area (Å²) in [6.45, 7) is 13.6. The van der Waals surface area contributed by atoms with Crippen molar-refractivity contribution in [1.29, 1.82) is 0 Å². The highest BCUT2D eigenvalue weighted by molar-refractivity contribution is 5.76. The second kappa shape index (κ2) is 25.9. The van der Waals surface area contributed by atoms with Crippen LogP contribution in [0, 0.1) is 52.3 Å². The fraction of sp³-hybridized carbons (Fsp3) is 0.731. The first-order valence-electron chi connectivity index (χ1n) is 23.9. The van der Waals surface area contributed by atoms with Crippen LogP contribution in [0.25, 0.3) is 0 Å². The van der Waals surface area contributed by atoms with Crippen LogP contribution in [0.3, 0.4) is 0 Å². The molecule has 0 radical (unpaired) electrons. The number of carbonyl (C=O) groups is 2. The Morgan fingerprint density at radius 1 is 0.678 bits per heavy atom. The molecule has 4 rings (SSSR count). The third-order valence-electron chi connectivity index (χ3n) is 15.2. The van der Waals surface area contributed by atoms with Crippen molar-refractivity contribution < 1.29 is 24.5 Å². The molecule has 0 aromatic carbocycles. The number of amides is 2. The fourth-order valence-corrected chi connectivity index (χ4v) is 12.2. The van der Waals surface area contributed by atoms with Crippen LogP contribution in [-0.4, -0.2) is 60.5 Å². The van der Waals surface area contributed by atoms with E-state index in [4.69, 9.17) is 4.74 Å². The van der Waals surface area contributed by atoms with Crippen molar-refractivity contribution in [2.45, 2.75) is 162 Å². The standard InChI is InChI=1S/C52H84N2O5/c1-6-8-9-10-11-12-13-14-15-16-17-18-19-20-21-22-23-24-25-26-47(56)53-35-37-59-38-36-54-48(57)30-27-40(3)43-28-29-44-49-45(32-34-51(43,44)4)52(5)33-31-41(55)39-46(52)42(7-2)50(49)58/h8-9,11-12,14-15,17-18,20-21,23-24,40-46,49-50,55,58H,6-7,10,13,16,19,22,25-39H2,1-5H3,(H,53,56)(H,54,57)/b9-8-,12-11-,15-14-,18-17-,21-20-,24-23-/t40-,41-,42-,43?,44+,45+,46+,49+,50-,51-,52-/m1/s1. The Morgan fingerprint density at radius 2 is 1.20 bits per heavy atom. The molecular weight excluding hydrogens is 733 g/mol. The Morgan fingerprint density at radius 3 is 1.78 bits per heavy atom. The van der Waals surface area contributed by atoms with Gasteiger partial charge in [-0.05, 0) is 149 Å². The van der Waals surface area contributed by atoms with E-state index in [-0.39, 0.29) is 40.8 Å². The molecule has 0 aromatic rings. The fourth-order valence-electron chi connectivity index (χ4n) is 12.2. The number of allylic oxidation sites excluding steroid dienone is 12. The van der Waals surface area contributed by atoms with Crippen molar-refractivity contribution in [3.63, 3.8) is 0 Å². The molecule has 332 valence electrons. The van der Waals surface area contributed by atoms with Gasteiger partial charge in [-0.3, -0.25) is 9.59 Å². The first kappa shape index (κ1) is 48.9. The van der Waals surface area contributed by atoms with Gasteiger partial charge in [0.15, 0.2) is 0 Å². The predicted molar refractivity (Wildman–Crippen MR) is 244 cm³/mol. The molecule has 4 aliphatic rings. The molecule has 4 saturated carbocycles. The molecule has 7 heteroatoms. The van der Waals surface area contributed by atoms with Crippen LogP contribution >= 0.6 is 0 Å². The molecule has 0 saturated heterocycles. The normalized spacial score (nSPS) is 32.7. The molecule has 0 heterocycles. The minimum Gasteiger partial charge on any atom is -0.393 e. The Kier molecular flexibility index (Phi) is 21.5. The maximum atomic E-state index is 12.8. The number of aliphatic hydroxyl groups excluding tert-OH is 2. The van der Waals surface area contributed by atoms with Gasteiger partial charge in [-0.2, -0.15) is 0 Å². The molecule has 59 heavy (non-hydrogen) atoms. The van der Waals surface area contributed by atoms with Gasteiger partial charge < -0.3 is 25.6 Å². The van der Waals surface area contributed by atoms with Crippen molar-refractivity contribution >= 4 is 11.8 Å². The molecule has 0 bridgehead atoms. The van der Waals surface area contributed by atoms with Crippen molar-refractivity contribution in [3.8, 4) is 0 Å². The summed E-state index contributed by atoms with van der Waals surface area (Å²) < 4.78 is 5.68. The van der Waals surface area contributed by atoms with Crippen LogP contribution in [0.4, 0.5) is 0 Å². The Labute approximate surface area is 359 Å². The summed E-state index contributed by atoms with van der Waals surface area (Å²) in [5.74, 6) is 3.31. The molecule has 4 aliphatic carbocycles. The maximum absolute atomic E-state index is 12.8. The highest BCUT2D eigenvalue weighted by Gasteiger charge is 2.64. The second-order valence-electron chi connectivity index (χ2n) is 18.9. The summed E-state index contributed by atoms with van der Waals surface area (Å²) in [6, 6.07) is 0. The third kappa shape index (κ3) is 14.4. The zero-order valence-electron chi connectivity index (χ0n) is 37.8. The molecule has 0 aromatic heterocycles. The molecule has 0 aliphatic heterocycles. The van der Waals surface area contributed by atoms with E-state index in [0.29, 0.717) is 74.7 Å². The summed E-state index contributed by atoms with van der Waals surface area (Å²) >= 11 is 0. The molecule has 1 unspecified atom stereocenters. The van der Waals surface area contributed by atoms with E-state index in [1.807, 2.05) is 0 Å². The van der Waals surface area contributed by atoms with Gasteiger partial charge in [-0.1, -0.05) is 114 Å². The van der Waals surface area contributed by atoms with Crippen LogP contribution in [0.2, 0.25) is 0 Å². The van der Waals surface area contributed by atoms with Gasteiger partial charge in [-0.15, -0.1) is 0 Å². The Balaban J connectivity index is 1.00. The molecule has 2 amide bonds. The molecule has 7 nitrogen and oxygen atoms in total. The topological polar surface area (TPSA) is 108 Å². The van der Waals surface area contributed by atoms with Gasteiger partial charge in [0.05, 0.1) is 25.4 Å². The van der Waals surface area contributed by atoms with Crippen molar-refractivity contribution in [2.24, 2.45) is 52.3 Å². The van der Waals surface area contributed by atoms with Gasteiger partial charge in [-0.25, -0.2) is 0 Å². The van der Waals surface area contributed by atoms with E-state index in [2.05, 4.69) is 118 Å². The second-order valence-corrected chi connectivity index (χ2v) is 18.9. The van der Waals surface area contributed by atoms with Crippen molar-refractivity contribution in [2.75, 3.05) is 26.3 Å². The molecule has 4 N–H and O–H groups in total. The number of hydrogen-bond acceptors (Lipinski definition) is 5. The monoisotopic (exact) mass is 817 g/mol. The van der Waals surface area contributed by atoms with Crippen LogP contribution in [-0.2, 0) is 14.3 Å². The minimum atomic E-state index is -0.268. The lowest BCUT2D eigenvalue weighted by Gasteiger charge is -2.64. The zero-order chi connectivity index (χ0) is 42.5. The van der Waals surface area contributed by atoms with Crippen molar-refractivity contribution in [3.05, 3.63) is 72.9 Å². The Bertz CT molecular complexity index is 1430. The summed E-state index contributed by atoms with van der Waals surface area (Å²) in [6.07, 6.45) is 42.8. The smallest absolute Gasteiger partial charge is 0.220 e. The average molecular weight is 817 g/mol. The van der Waals surface area contributed by atoms with Crippen LogP contribution < -0.4 is 10.6 Å². The summed E-state index contributed by atoms with van der Waals surface area (Å²) in [5, 5.41) is 28.5. The van der Waals surface area contributed by atoms with Gasteiger partial charge >= 0.3 is 0 Å². The lowest BCUT2D eigenvalue weighted by atomic mass is 9.41. The number of nitrogens with one attached hydrogen (secondary N) is 2. The lowest BCUT2D eigenvalue weighted by molar-refractivity contribution is -0.203. The first-order valence-corrected chi connectivity index (χ1v) is 23.9. The number of carbonyl (C=O) groups excluding carboxylic acids is 2. The number of hydrogen-bond donors (Lipinski definition) is 4. The van der Waals surface area contributed by atoms with E-state index >= 15 is 0 Å². The molecular formula is C52H84N2O5. The van der Waals surface area contributed by atoms with Crippen LogP contribution in [0.5, 0.6) is 0 Å². The molecule has 4 fully saturated rings. The van der Waals surface area contributed by atoms with Gasteiger partial charge in [0.2, 0.25) is 11.8 Å². The summed E-state index contributed by atoms with van der Waals surface area (Å²) in [5.41, 5.74) is 0.437. The van der Waals surface area contributed by atoms with Crippen LogP contribution in [0.15, 0.2) is 72.9 Å². The molecule has 11 atom stereocenters. The first-order chi connectivity index (χ1) is 28.6. The number of rotatable bonds is 25. The van der Waals surface area contributed by atoms with Gasteiger partial charge in [0.1, 0.15) is 0 Å². The third-order valence-corrected chi connectivity index (χ3v) is 15.2. The van der Waals surface area contributed by atoms with E-state index < -0.39 is 0 Å². The Hall–Kier alpha value is -2.74. The highest BCUT2D eigenvalue weighted by atomic mass is 16.5. The average Bonchev–Trinajstić information content (AvgIpc) is 3.58. The number of ether oxygens (including phenoxy) is 1. The van der Waals surface area contributed by atoms with E-state index in [0.717, 1.165) is 77.0 Å². The minimum absolute atomic E-state index is 0.0268. The summed E-state index contributed by atoms with van der Waals surface area (Å²) in [7, 11) is 0. The largest absolute Gasteiger partial charge is 0.393 e. The number of fused-ring (bicyclic) bond motifs is 5. The van der Waals surface area contributed by atoms with Gasteiger partial charge in [0.25, 0.3) is 0 Å². The summed E-state index contributed by atoms with van der Waals surface area (Å²) in [4.78, 5) is 25.0. The molecule has 0 spiro atoms. The highest BCUT2D eigenvalue weighted by Crippen LogP contribution is 2.69. The quantitative estimate of drug-likeness (QED) is 0.0542. The van der Waals surface area contributed by atoms with E-state index in [1.165, 1.54) is 25.7 Å². The lowest BCUT2D eigenvalue weighted by Crippen LogP contribution is -2.62. The zero-order valence-corrected chi connectivity index (χ0v) is 37.8. The van der Waals surface area contributed by atoms with Gasteiger partial charge in [0, 0.05) is 25.9 Å². The SMILES string of the molecule is CC/C=C\C/C=C\C/C=C\C/C=C\C/C=C\C/C=C\CCC(=O)NCCOCCNC(=O)CC[C@@H](C)C1CC[C@H]2[C@@H]3[C@H](O)[C@H](CC)[C@@H]4C[C@H](O)CC[C@]4(C)[C@H]3CC[C@]12C. The maximum Gasteiger partial charge on any atom is 0.220 e. The predicted octanol–water partition coefficient (Wildman–Crippen LogP) is 10.8. The van der Waals surface area contributed by atoms with Crippen molar-refractivity contribution in [1.82, 2.24) is 10.6 Å². The van der Waals surface area contributed by atoms with E-state index in [9.17, 15) is 19.8 Å². The van der Waals surface area contributed by atoms with E-state index in [1.54, 1.807) is 0 Å². The number of aliphatic hydroxyl groups is 2. The van der Waals surface area contributed by atoms with Crippen LogP contribution in [0.1, 0.15) is 150 Å².